The summed E-state index contributed by atoms with van der Waals surface area (Å²) in [4.78, 5) is 24.4. The number of ether oxygens (including phenoxy) is 6. The van der Waals surface area contributed by atoms with E-state index in [4.69, 9.17) is 28.4 Å². The van der Waals surface area contributed by atoms with Crippen LogP contribution < -0.4 is 19.5 Å². The van der Waals surface area contributed by atoms with Crippen LogP contribution >= 0.6 is 0 Å². The van der Waals surface area contributed by atoms with Crippen molar-refractivity contribution >= 4 is 11.9 Å². The van der Waals surface area contributed by atoms with Gasteiger partial charge in [-0.25, -0.2) is 4.79 Å². The molecule has 1 amide bonds. The lowest BCUT2D eigenvalue weighted by Gasteiger charge is -2.22. The number of carbonyl (C=O) groups excluding carboxylic acids is 2. The minimum atomic E-state index is -0.705. The molecule has 1 aliphatic carbocycles. The van der Waals surface area contributed by atoms with E-state index in [2.05, 4.69) is 5.32 Å². The summed E-state index contributed by atoms with van der Waals surface area (Å²) >= 11 is 0. The molecule has 0 spiro atoms. The number of fused-ring (bicyclic) bond motifs is 1. The van der Waals surface area contributed by atoms with Crippen LogP contribution in [0, 0.1) is 0 Å². The van der Waals surface area contributed by atoms with Crippen LogP contribution in [-0.2, 0) is 25.5 Å². The molecule has 0 aromatic heterocycles. The highest BCUT2D eigenvalue weighted by Crippen LogP contribution is 2.48. The maximum atomic E-state index is 12.2. The van der Waals surface area contributed by atoms with Gasteiger partial charge in [0.15, 0.2) is 11.5 Å². The fraction of sp³-hybridized carbons (Fsp3) is 0.440. The third-order valence-corrected chi connectivity index (χ3v) is 5.91. The molecule has 2 aromatic carbocycles. The smallest absolute Gasteiger partial charge is 0.332 e. The molecule has 0 saturated heterocycles. The Morgan fingerprint density at radius 1 is 0.971 bits per heavy atom. The van der Waals surface area contributed by atoms with Crippen molar-refractivity contribution in [1.82, 2.24) is 5.32 Å². The van der Waals surface area contributed by atoms with Crippen LogP contribution in [0.1, 0.15) is 28.8 Å². The summed E-state index contributed by atoms with van der Waals surface area (Å²) in [6.45, 7) is 1.17. The Kier molecular flexibility index (Phi) is 7.23. The van der Waals surface area contributed by atoms with Gasteiger partial charge in [-0.05, 0) is 42.2 Å². The molecular formula is C25H29NO8. The van der Waals surface area contributed by atoms with Crippen LogP contribution in [0.5, 0.6) is 17.2 Å². The predicted molar refractivity (Wildman–Crippen MR) is 122 cm³/mol. The molecule has 9 heteroatoms. The maximum absolute atomic E-state index is 12.2. The molecule has 0 bridgehead atoms. The number of nitrogens with one attached hydrogen (secondary N) is 1. The van der Waals surface area contributed by atoms with Crippen LogP contribution in [-0.4, -0.2) is 65.2 Å². The second-order valence-electron chi connectivity index (χ2n) is 8.18. The number of carbonyl (C=O) groups is 2. The molecular weight excluding hydrogens is 442 g/mol. The van der Waals surface area contributed by atoms with Crippen molar-refractivity contribution in [3.8, 4) is 28.4 Å². The summed E-state index contributed by atoms with van der Waals surface area (Å²) in [7, 11) is 4.66. The third kappa shape index (κ3) is 4.95. The standard InChI is InChI=1S/C25H29NO8/c1-29-11-12-32-14-21(27)34-25(9-10-25)15-33-22-17(7-8-20(30-2)23(22)31-3)16-5-4-6-18-19(16)13-26-24(18)28/h4-8H,9-15H2,1-3H3,(H,26,28). The Morgan fingerprint density at radius 2 is 1.76 bits per heavy atom. The summed E-state index contributed by atoms with van der Waals surface area (Å²) in [5.74, 6) is 0.862. The summed E-state index contributed by atoms with van der Waals surface area (Å²) in [6, 6.07) is 9.26. The van der Waals surface area contributed by atoms with E-state index in [1.807, 2.05) is 18.2 Å². The maximum Gasteiger partial charge on any atom is 0.332 e. The lowest BCUT2D eigenvalue weighted by Crippen LogP contribution is -2.29. The van der Waals surface area contributed by atoms with Crippen molar-refractivity contribution in [3.05, 3.63) is 41.5 Å². The van der Waals surface area contributed by atoms with Crippen LogP contribution in [0.15, 0.2) is 30.3 Å². The van der Waals surface area contributed by atoms with Gasteiger partial charge in [0.2, 0.25) is 5.75 Å². The molecule has 1 N–H and O–H groups in total. The third-order valence-electron chi connectivity index (χ3n) is 5.91. The van der Waals surface area contributed by atoms with Crippen molar-refractivity contribution in [3.63, 3.8) is 0 Å². The minimum absolute atomic E-state index is 0.101. The zero-order chi connectivity index (χ0) is 24.1. The van der Waals surface area contributed by atoms with Crippen molar-refractivity contribution in [2.75, 3.05) is 47.8 Å². The number of esters is 1. The molecule has 0 atom stereocenters. The van der Waals surface area contributed by atoms with E-state index in [0.29, 0.717) is 55.4 Å². The average molecular weight is 472 g/mol. The van der Waals surface area contributed by atoms with E-state index >= 15 is 0 Å². The van der Waals surface area contributed by atoms with Crippen molar-refractivity contribution < 1.29 is 38.0 Å². The summed E-state index contributed by atoms with van der Waals surface area (Å²) < 4.78 is 33.2. The second kappa shape index (κ2) is 10.3. The first-order chi connectivity index (χ1) is 16.5. The average Bonchev–Trinajstić information content (AvgIpc) is 3.51. The van der Waals surface area contributed by atoms with Crippen molar-refractivity contribution in [2.45, 2.75) is 25.0 Å². The molecule has 2 aromatic rings. The van der Waals surface area contributed by atoms with Gasteiger partial charge in [-0.1, -0.05) is 12.1 Å². The van der Waals surface area contributed by atoms with E-state index < -0.39 is 11.6 Å². The molecule has 0 unspecified atom stereocenters. The molecule has 34 heavy (non-hydrogen) atoms. The quantitative estimate of drug-likeness (QED) is 0.373. The van der Waals surface area contributed by atoms with E-state index in [-0.39, 0.29) is 19.1 Å². The van der Waals surface area contributed by atoms with Gasteiger partial charge in [-0.15, -0.1) is 0 Å². The van der Waals surface area contributed by atoms with Gasteiger partial charge in [0.05, 0.1) is 27.4 Å². The Bertz CT molecular complexity index is 1060. The predicted octanol–water partition coefficient (Wildman–Crippen LogP) is 2.73. The van der Waals surface area contributed by atoms with Crippen LogP contribution in [0.3, 0.4) is 0 Å². The Balaban J connectivity index is 1.57. The molecule has 4 rings (SSSR count). The van der Waals surface area contributed by atoms with E-state index in [9.17, 15) is 9.59 Å². The molecule has 9 nitrogen and oxygen atoms in total. The first kappa shape index (κ1) is 23.8. The summed E-state index contributed by atoms with van der Waals surface area (Å²) in [5.41, 5.74) is 2.45. The van der Waals surface area contributed by atoms with E-state index in [1.165, 1.54) is 0 Å². The lowest BCUT2D eigenvalue weighted by molar-refractivity contribution is -0.158. The fourth-order valence-corrected chi connectivity index (χ4v) is 3.95. The molecule has 1 aliphatic heterocycles. The van der Waals surface area contributed by atoms with Gasteiger partial charge in [0, 0.05) is 24.8 Å². The van der Waals surface area contributed by atoms with Gasteiger partial charge < -0.3 is 33.7 Å². The second-order valence-corrected chi connectivity index (χ2v) is 8.18. The molecule has 1 heterocycles. The Morgan fingerprint density at radius 3 is 2.47 bits per heavy atom. The largest absolute Gasteiger partial charge is 0.493 e. The molecule has 0 radical (unpaired) electrons. The first-order valence-corrected chi connectivity index (χ1v) is 11.1. The van der Waals surface area contributed by atoms with E-state index in [0.717, 1.165) is 16.7 Å². The van der Waals surface area contributed by atoms with Gasteiger partial charge in [0.25, 0.3) is 5.91 Å². The summed E-state index contributed by atoms with van der Waals surface area (Å²) in [5, 5.41) is 2.87. The first-order valence-electron chi connectivity index (χ1n) is 11.1. The van der Waals surface area contributed by atoms with E-state index in [1.54, 1.807) is 33.5 Å². The normalized spacial score (nSPS) is 15.3. The number of amides is 1. The zero-order valence-electron chi connectivity index (χ0n) is 19.6. The lowest BCUT2D eigenvalue weighted by atomic mass is 9.95. The van der Waals surface area contributed by atoms with Crippen LogP contribution in [0.4, 0.5) is 0 Å². The van der Waals surface area contributed by atoms with Crippen LogP contribution in [0.2, 0.25) is 0 Å². The van der Waals surface area contributed by atoms with Gasteiger partial charge >= 0.3 is 5.97 Å². The molecule has 182 valence electrons. The highest BCUT2D eigenvalue weighted by Gasteiger charge is 2.48. The molecule has 2 aliphatic rings. The number of benzene rings is 2. The fourth-order valence-electron chi connectivity index (χ4n) is 3.95. The molecule has 1 fully saturated rings. The number of methoxy groups -OCH3 is 3. The SMILES string of the molecule is COCCOCC(=O)OC1(COc2c(-c3cccc4c3CNC4=O)ccc(OC)c2OC)CC1. The van der Waals surface area contributed by atoms with Gasteiger partial charge in [-0.3, -0.25) is 4.79 Å². The topological polar surface area (TPSA) is 102 Å². The highest BCUT2D eigenvalue weighted by molar-refractivity contribution is 6.01. The minimum Gasteiger partial charge on any atom is -0.493 e. The Hall–Kier alpha value is -3.30. The number of hydrogen-bond acceptors (Lipinski definition) is 8. The number of rotatable bonds is 12. The Labute approximate surface area is 198 Å². The zero-order valence-corrected chi connectivity index (χ0v) is 19.6. The van der Waals surface area contributed by atoms with Gasteiger partial charge in [-0.2, -0.15) is 0 Å². The number of hydrogen-bond donors (Lipinski definition) is 1. The highest BCUT2D eigenvalue weighted by atomic mass is 16.6. The van der Waals surface area contributed by atoms with Gasteiger partial charge in [0.1, 0.15) is 18.8 Å². The van der Waals surface area contributed by atoms with Crippen LogP contribution in [0.25, 0.3) is 11.1 Å². The summed E-state index contributed by atoms with van der Waals surface area (Å²) in [6.07, 6.45) is 1.38. The monoisotopic (exact) mass is 471 g/mol. The molecule has 1 saturated carbocycles. The van der Waals surface area contributed by atoms with Crippen molar-refractivity contribution in [1.29, 1.82) is 0 Å². The van der Waals surface area contributed by atoms with Crippen molar-refractivity contribution in [2.24, 2.45) is 0 Å².